The molecule has 1 aromatic heterocycles. The van der Waals surface area contributed by atoms with Crippen LogP contribution < -0.4 is 10.1 Å². The monoisotopic (exact) mass is 322 g/mol. The molecule has 0 saturated carbocycles. The number of benzene rings is 1. The van der Waals surface area contributed by atoms with Gasteiger partial charge in [0.25, 0.3) is 0 Å². The summed E-state index contributed by atoms with van der Waals surface area (Å²) in [6.45, 7) is 1.45. The van der Waals surface area contributed by atoms with Gasteiger partial charge in [-0.3, -0.25) is 0 Å². The number of halogens is 1. The lowest BCUT2D eigenvalue weighted by atomic mass is 10.0. The van der Waals surface area contributed by atoms with Crippen LogP contribution in [0.3, 0.4) is 0 Å². The summed E-state index contributed by atoms with van der Waals surface area (Å²) in [7, 11) is 0. The van der Waals surface area contributed by atoms with Crippen LogP contribution in [-0.2, 0) is 6.54 Å². The Morgan fingerprint density at radius 2 is 2.32 bits per heavy atom. The van der Waals surface area contributed by atoms with Gasteiger partial charge in [0.2, 0.25) is 0 Å². The fraction of sp³-hybridized carbons (Fsp3) is 0.357. The molecule has 0 amide bonds. The molecule has 0 saturated heterocycles. The van der Waals surface area contributed by atoms with Crippen molar-refractivity contribution in [2.24, 2.45) is 0 Å². The molecule has 2 aromatic rings. The SMILES string of the molecule is Brc1ccc2c(c1)OCCCC2NCc1ccno1. The molecule has 1 N–H and O–H groups in total. The molecule has 0 fully saturated rings. The molecule has 0 radical (unpaired) electrons. The molecule has 0 bridgehead atoms. The summed E-state index contributed by atoms with van der Waals surface area (Å²) < 4.78 is 11.9. The normalized spacial score (nSPS) is 18.5. The summed E-state index contributed by atoms with van der Waals surface area (Å²) in [6.07, 6.45) is 3.77. The van der Waals surface area contributed by atoms with Gasteiger partial charge in [-0.1, -0.05) is 27.2 Å². The summed E-state index contributed by atoms with van der Waals surface area (Å²) in [5, 5.41) is 7.23. The zero-order chi connectivity index (χ0) is 13.1. The first kappa shape index (κ1) is 12.7. The van der Waals surface area contributed by atoms with Crippen molar-refractivity contribution in [2.45, 2.75) is 25.4 Å². The quantitative estimate of drug-likeness (QED) is 0.940. The molecular formula is C14H15BrN2O2. The van der Waals surface area contributed by atoms with Crippen molar-refractivity contribution in [3.8, 4) is 5.75 Å². The van der Waals surface area contributed by atoms with Crippen molar-refractivity contribution in [2.75, 3.05) is 6.61 Å². The van der Waals surface area contributed by atoms with Crippen LogP contribution in [0.2, 0.25) is 0 Å². The minimum Gasteiger partial charge on any atom is -0.493 e. The fourth-order valence-electron chi connectivity index (χ4n) is 2.32. The van der Waals surface area contributed by atoms with Crippen LogP contribution in [0.15, 0.2) is 39.5 Å². The number of nitrogens with zero attached hydrogens (tertiary/aromatic N) is 1. The van der Waals surface area contributed by atoms with Gasteiger partial charge in [-0.25, -0.2) is 0 Å². The highest BCUT2D eigenvalue weighted by Gasteiger charge is 2.19. The van der Waals surface area contributed by atoms with Gasteiger partial charge in [-0.05, 0) is 25.0 Å². The number of fused-ring (bicyclic) bond motifs is 1. The Kier molecular flexibility index (Phi) is 3.84. The summed E-state index contributed by atoms with van der Waals surface area (Å²) in [5.41, 5.74) is 1.21. The highest BCUT2D eigenvalue weighted by atomic mass is 79.9. The third-order valence-corrected chi connectivity index (χ3v) is 3.75. The van der Waals surface area contributed by atoms with Crippen molar-refractivity contribution >= 4 is 15.9 Å². The van der Waals surface area contributed by atoms with Crippen LogP contribution in [-0.4, -0.2) is 11.8 Å². The van der Waals surface area contributed by atoms with Gasteiger partial charge in [0.15, 0.2) is 0 Å². The van der Waals surface area contributed by atoms with E-state index in [9.17, 15) is 0 Å². The summed E-state index contributed by atoms with van der Waals surface area (Å²) in [6, 6.07) is 8.36. The molecule has 3 rings (SSSR count). The van der Waals surface area contributed by atoms with E-state index in [-0.39, 0.29) is 6.04 Å². The molecule has 0 spiro atoms. The lowest BCUT2D eigenvalue weighted by Crippen LogP contribution is -2.20. The van der Waals surface area contributed by atoms with E-state index in [1.54, 1.807) is 6.20 Å². The maximum absolute atomic E-state index is 5.79. The van der Waals surface area contributed by atoms with Crippen LogP contribution in [0.25, 0.3) is 0 Å². The number of hydrogen-bond donors (Lipinski definition) is 1. The molecule has 100 valence electrons. The zero-order valence-corrected chi connectivity index (χ0v) is 12.0. The van der Waals surface area contributed by atoms with Gasteiger partial charge in [-0.2, -0.15) is 0 Å². The van der Waals surface area contributed by atoms with Crippen molar-refractivity contribution < 1.29 is 9.26 Å². The third-order valence-electron chi connectivity index (χ3n) is 3.26. The molecule has 1 atom stereocenters. The number of ether oxygens (including phenoxy) is 1. The number of nitrogens with one attached hydrogen (secondary N) is 1. The largest absolute Gasteiger partial charge is 0.493 e. The first-order valence-electron chi connectivity index (χ1n) is 6.38. The fourth-order valence-corrected chi connectivity index (χ4v) is 2.66. The van der Waals surface area contributed by atoms with E-state index in [1.165, 1.54) is 5.56 Å². The maximum Gasteiger partial charge on any atom is 0.150 e. The highest BCUT2D eigenvalue weighted by Crippen LogP contribution is 2.33. The van der Waals surface area contributed by atoms with Crippen molar-refractivity contribution in [3.05, 3.63) is 46.3 Å². The van der Waals surface area contributed by atoms with Gasteiger partial charge in [0.1, 0.15) is 11.5 Å². The van der Waals surface area contributed by atoms with Gasteiger partial charge >= 0.3 is 0 Å². The summed E-state index contributed by atoms with van der Waals surface area (Å²) in [4.78, 5) is 0. The molecule has 5 heteroatoms. The first-order chi connectivity index (χ1) is 9.33. The standard InChI is InChI=1S/C14H15BrN2O2/c15-10-3-4-12-13(2-1-7-18-14(12)8-10)16-9-11-5-6-17-19-11/h3-6,8,13,16H,1-2,7,9H2. The number of rotatable bonds is 3. The van der Waals surface area contributed by atoms with E-state index in [1.807, 2.05) is 12.1 Å². The average molecular weight is 323 g/mol. The zero-order valence-electron chi connectivity index (χ0n) is 10.4. The van der Waals surface area contributed by atoms with Crippen LogP contribution >= 0.6 is 15.9 Å². The number of aromatic nitrogens is 1. The highest BCUT2D eigenvalue weighted by molar-refractivity contribution is 9.10. The Morgan fingerprint density at radius 1 is 1.37 bits per heavy atom. The minimum atomic E-state index is 0.288. The molecule has 1 aliphatic heterocycles. The Bertz CT molecular complexity index is 542. The Morgan fingerprint density at radius 3 is 3.16 bits per heavy atom. The average Bonchev–Trinajstić information content (AvgIpc) is 2.84. The summed E-state index contributed by atoms with van der Waals surface area (Å²) >= 11 is 3.48. The van der Waals surface area contributed by atoms with E-state index in [0.717, 1.165) is 35.4 Å². The molecular weight excluding hydrogens is 308 g/mol. The van der Waals surface area contributed by atoms with Crippen molar-refractivity contribution in [1.29, 1.82) is 0 Å². The molecule has 19 heavy (non-hydrogen) atoms. The van der Waals surface area contributed by atoms with Gasteiger partial charge in [-0.15, -0.1) is 0 Å². The summed E-state index contributed by atoms with van der Waals surface area (Å²) in [5.74, 6) is 1.81. The van der Waals surface area contributed by atoms with Gasteiger partial charge < -0.3 is 14.6 Å². The lowest BCUT2D eigenvalue weighted by Gasteiger charge is -2.17. The van der Waals surface area contributed by atoms with Crippen molar-refractivity contribution in [1.82, 2.24) is 10.5 Å². The minimum absolute atomic E-state index is 0.288. The van der Waals surface area contributed by atoms with E-state index in [0.29, 0.717) is 6.54 Å². The van der Waals surface area contributed by atoms with Crippen molar-refractivity contribution in [3.63, 3.8) is 0 Å². The topological polar surface area (TPSA) is 47.3 Å². The van der Waals surface area contributed by atoms with Gasteiger partial charge in [0.05, 0.1) is 19.3 Å². The molecule has 1 aromatic carbocycles. The molecule has 0 aliphatic carbocycles. The predicted molar refractivity (Wildman–Crippen MR) is 75.0 cm³/mol. The van der Waals surface area contributed by atoms with E-state index < -0.39 is 0 Å². The van der Waals surface area contributed by atoms with Gasteiger partial charge in [0, 0.05) is 22.1 Å². The smallest absolute Gasteiger partial charge is 0.150 e. The Labute approximate surface area is 120 Å². The second-order valence-corrected chi connectivity index (χ2v) is 5.50. The second kappa shape index (κ2) is 5.75. The molecule has 1 unspecified atom stereocenters. The van der Waals surface area contributed by atoms with E-state index in [2.05, 4.69) is 38.5 Å². The van der Waals surface area contributed by atoms with Crippen LogP contribution in [0.4, 0.5) is 0 Å². The Hall–Kier alpha value is -1.33. The molecule has 2 heterocycles. The number of hydrogen-bond acceptors (Lipinski definition) is 4. The molecule has 4 nitrogen and oxygen atoms in total. The van der Waals surface area contributed by atoms with Crippen LogP contribution in [0.5, 0.6) is 5.75 Å². The van der Waals surface area contributed by atoms with E-state index >= 15 is 0 Å². The maximum atomic E-state index is 5.79. The van der Waals surface area contributed by atoms with E-state index in [4.69, 9.17) is 9.26 Å². The van der Waals surface area contributed by atoms with Crippen LogP contribution in [0.1, 0.15) is 30.2 Å². The second-order valence-electron chi connectivity index (χ2n) is 4.59. The molecule has 1 aliphatic rings. The third kappa shape index (κ3) is 2.98. The van der Waals surface area contributed by atoms with Crippen LogP contribution in [0, 0.1) is 0 Å². The first-order valence-corrected chi connectivity index (χ1v) is 7.17. The lowest BCUT2D eigenvalue weighted by molar-refractivity contribution is 0.314. The predicted octanol–water partition coefficient (Wildman–Crippen LogP) is 3.44. The Balaban J connectivity index is 1.78.